The largest absolute Gasteiger partial charge is 0.310 e. The maximum absolute atomic E-state index is 12.4. The van der Waals surface area contributed by atoms with Crippen molar-refractivity contribution in [2.45, 2.75) is 64.6 Å². The number of nitrogens with one attached hydrogen (secondary N) is 2. The third-order valence-corrected chi connectivity index (χ3v) is 5.57. The van der Waals surface area contributed by atoms with Crippen LogP contribution < -0.4 is 10.0 Å². The van der Waals surface area contributed by atoms with Gasteiger partial charge < -0.3 is 5.32 Å². The zero-order chi connectivity index (χ0) is 15.3. The first kappa shape index (κ1) is 17.6. The Labute approximate surface area is 127 Å². The molecule has 0 aromatic carbocycles. The summed E-state index contributed by atoms with van der Waals surface area (Å²) in [6, 6.07) is 1.97. The van der Waals surface area contributed by atoms with Gasteiger partial charge in [-0.3, -0.25) is 0 Å². The molecule has 1 atom stereocenters. The van der Waals surface area contributed by atoms with Gasteiger partial charge in [-0.25, -0.2) is 13.1 Å². The van der Waals surface area contributed by atoms with Gasteiger partial charge in [-0.1, -0.05) is 27.7 Å². The molecule has 0 saturated carbocycles. The quantitative estimate of drug-likeness (QED) is 0.775. The lowest BCUT2D eigenvalue weighted by molar-refractivity contribution is 0.482. The Balaban J connectivity index is 2.80. The maximum atomic E-state index is 12.4. The van der Waals surface area contributed by atoms with Crippen molar-refractivity contribution in [3.63, 3.8) is 0 Å². The number of thiophene rings is 1. The molecule has 1 heterocycles. The van der Waals surface area contributed by atoms with Crippen LogP contribution in [0.15, 0.2) is 16.3 Å². The summed E-state index contributed by atoms with van der Waals surface area (Å²) in [6.07, 6.45) is 0.836. The minimum atomic E-state index is -3.42. The number of rotatable bonds is 8. The van der Waals surface area contributed by atoms with Crippen LogP contribution in [-0.4, -0.2) is 20.5 Å². The summed E-state index contributed by atoms with van der Waals surface area (Å²) in [5, 5.41) is 5.10. The fourth-order valence-corrected chi connectivity index (χ4v) is 4.73. The monoisotopic (exact) mass is 318 g/mol. The fourth-order valence-electron chi connectivity index (χ4n) is 2.08. The van der Waals surface area contributed by atoms with Crippen molar-refractivity contribution < 1.29 is 8.42 Å². The Kier molecular flexibility index (Phi) is 6.64. The van der Waals surface area contributed by atoms with Crippen LogP contribution in [0.2, 0.25) is 0 Å². The normalized spacial score (nSPS) is 14.2. The second-order valence-corrected chi connectivity index (χ2v) is 8.58. The molecule has 0 aliphatic rings. The van der Waals surface area contributed by atoms with Crippen LogP contribution in [-0.2, 0) is 16.6 Å². The Morgan fingerprint density at radius 1 is 1.20 bits per heavy atom. The molecule has 2 N–H and O–H groups in total. The zero-order valence-electron chi connectivity index (χ0n) is 12.9. The van der Waals surface area contributed by atoms with Crippen molar-refractivity contribution in [1.82, 2.24) is 10.0 Å². The second kappa shape index (κ2) is 7.54. The average Bonchev–Trinajstić information content (AvgIpc) is 2.72. The summed E-state index contributed by atoms with van der Waals surface area (Å²) in [6.45, 7) is 10.8. The van der Waals surface area contributed by atoms with Crippen molar-refractivity contribution in [3.8, 4) is 0 Å². The third kappa shape index (κ3) is 5.52. The van der Waals surface area contributed by atoms with Crippen LogP contribution in [0.4, 0.5) is 0 Å². The molecule has 0 spiro atoms. The number of hydrogen-bond donors (Lipinski definition) is 2. The molecule has 0 radical (unpaired) electrons. The van der Waals surface area contributed by atoms with Gasteiger partial charge in [0.1, 0.15) is 0 Å². The molecule has 4 nitrogen and oxygen atoms in total. The van der Waals surface area contributed by atoms with Crippen molar-refractivity contribution in [3.05, 3.63) is 16.3 Å². The highest BCUT2D eigenvalue weighted by atomic mass is 32.2. The molecule has 20 heavy (non-hydrogen) atoms. The Morgan fingerprint density at radius 2 is 1.85 bits per heavy atom. The molecule has 0 saturated heterocycles. The van der Waals surface area contributed by atoms with Gasteiger partial charge in [-0.15, -0.1) is 11.3 Å². The van der Waals surface area contributed by atoms with E-state index in [1.807, 2.05) is 26.2 Å². The summed E-state index contributed by atoms with van der Waals surface area (Å²) < 4.78 is 27.6. The SMILES string of the molecule is CC(C)CC(C)NS(=O)(=O)c1ccsc1CNC(C)C. The number of sulfonamides is 1. The van der Waals surface area contributed by atoms with E-state index in [9.17, 15) is 8.42 Å². The van der Waals surface area contributed by atoms with E-state index in [1.54, 1.807) is 6.07 Å². The van der Waals surface area contributed by atoms with Crippen molar-refractivity contribution in [2.75, 3.05) is 0 Å². The van der Waals surface area contributed by atoms with Gasteiger partial charge >= 0.3 is 0 Å². The molecule has 1 aromatic heterocycles. The van der Waals surface area contributed by atoms with Crippen LogP contribution in [0.5, 0.6) is 0 Å². The van der Waals surface area contributed by atoms with E-state index in [-0.39, 0.29) is 6.04 Å². The first-order valence-corrected chi connectivity index (χ1v) is 9.40. The minimum Gasteiger partial charge on any atom is -0.310 e. The molecule has 0 fully saturated rings. The molecule has 116 valence electrons. The van der Waals surface area contributed by atoms with Gasteiger partial charge in [0.2, 0.25) is 10.0 Å². The van der Waals surface area contributed by atoms with Gasteiger partial charge in [0.15, 0.2) is 0 Å². The molecule has 0 aliphatic heterocycles. The predicted molar refractivity (Wildman–Crippen MR) is 85.5 cm³/mol. The van der Waals surface area contributed by atoms with Gasteiger partial charge in [0, 0.05) is 23.5 Å². The molecule has 0 aliphatic carbocycles. The van der Waals surface area contributed by atoms with E-state index in [2.05, 4.69) is 23.9 Å². The van der Waals surface area contributed by atoms with Crippen molar-refractivity contribution in [1.29, 1.82) is 0 Å². The van der Waals surface area contributed by atoms with E-state index in [0.29, 0.717) is 23.4 Å². The van der Waals surface area contributed by atoms with E-state index >= 15 is 0 Å². The smallest absolute Gasteiger partial charge is 0.241 e. The average molecular weight is 319 g/mol. The first-order chi connectivity index (χ1) is 9.22. The second-order valence-electron chi connectivity index (χ2n) is 5.90. The highest BCUT2D eigenvalue weighted by Crippen LogP contribution is 2.22. The van der Waals surface area contributed by atoms with Gasteiger partial charge in [0.05, 0.1) is 4.90 Å². The van der Waals surface area contributed by atoms with Gasteiger partial charge in [-0.2, -0.15) is 0 Å². The van der Waals surface area contributed by atoms with Gasteiger partial charge in [0.25, 0.3) is 0 Å². The predicted octanol–water partition coefficient (Wildman–Crippen LogP) is 2.96. The molecule has 1 rings (SSSR count). The lowest BCUT2D eigenvalue weighted by Crippen LogP contribution is -2.34. The summed E-state index contributed by atoms with van der Waals surface area (Å²) in [5.41, 5.74) is 0. The molecular weight excluding hydrogens is 292 g/mol. The summed E-state index contributed by atoms with van der Waals surface area (Å²) in [5.74, 6) is 0.470. The zero-order valence-corrected chi connectivity index (χ0v) is 14.6. The van der Waals surface area contributed by atoms with Crippen LogP contribution in [0.25, 0.3) is 0 Å². The van der Waals surface area contributed by atoms with Crippen LogP contribution >= 0.6 is 11.3 Å². The summed E-state index contributed by atoms with van der Waals surface area (Å²) >= 11 is 1.48. The van der Waals surface area contributed by atoms with Crippen LogP contribution in [0.3, 0.4) is 0 Å². The maximum Gasteiger partial charge on any atom is 0.241 e. The molecule has 1 unspecified atom stereocenters. The van der Waals surface area contributed by atoms with E-state index < -0.39 is 10.0 Å². The lowest BCUT2D eigenvalue weighted by atomic mass is 10.1. The molecular formula is C14H26N2O2S2. The van der Waals surface area contributed by atoms with E-state index in [1.165, 1.54) is 11.3 Å². The Bertz CT molecular complexity index is 507. The van der Waals surface area contributed by atoms with Crippen LogP contribution in [0, 0.1) is 5.92 Å². The topological polar surface area (TPSA) is 58.2 Å². The minimum absolute atomic E-state index is 0.0502. The molecule has 0 bridgehead atoms. The van der Waals surface area contributed by atoms with Gasteiger partial charge in [-0.05, 0) is 30.7 Å². The summed E-state index contributed by atoms with van der Waals surface area (Å²) in [7, 11) is -3.42. The van der Waals surface area contributed by atoms with E-state index in [4.69, 9.17) is 0 Å². The molecule has 6 heteroatoms. The number of hydrogen-bond acceptors (Lipinski definition) is 4. The molecule has 0 amide bonds. The van der Waals surface area contributed by atoms with Crippen LogP contribution in [0.1, 0.15) is 45.9 Å². The highest BCUT2D eigenvalue weighted by molar-refractivity contribution is 7.89. The summed E-state index contributed by atoms with van der Waals surface area (Å²) in [4.78, 5) is 1.27. The first-order valence-electron chi connectivity index (χ1n) is 7.04. The fraction of sp³-hybridized carbons (Fsp3) is 0.714. The lowest BCUT2D eigenvalue weighted by Gasteiger charge is -2.16. The van der Waals surface area contributed by atoms with Crippen molar-refractivity contribution >= 4 is 21.4 Å². The van der Waals surface area contributed by atoms with E-state index in [0.717, 1.165) is 11.3 Å². The van der Waals surface area contributed by atoms with Crippen molar-refractivity contribution in [2.24, 2.45) is 5.92 Å². The Morgan fingerprint density at radius 3 is 2.40 bits per heavy atom. The molecule has 1 aromatic rings. The highest BCUT2D eigenvalue weighted by Gasteiger charge is 2.22. The standard InChI is InChI=1S/C14H26N2O2S2/c1-10(2)8-12(5)16-20(17,18)14-6-7-19-13(14)9-15-11(3)4/h6-7,10-12,15-16H,8-9H2,1-5H3. The Hall–Kier alpha value is -0.430. The third-order valence-electron chi connectivity index (χ3n) is 2.85.